The highest BCUT2D eigenvalue weighted by molar-refractivity contribution is 5.71. The number of likely N-dealkylation sites (tertiary alicyclic amines) is 1. The molecule has 1 saturated heterocycles. The maximum absolute atomic E-state index is 11.6. The Labute approximate surface area is 125 Å². The molecule has 0 aromatic rings. The average molecular weight is 298 g/mol. The predicted octanol–water partition coefficient (Wildman–Crippen LogP) is 1.84. The van der Waals surface area contributed by atoms with E-state index in [2.05, 4.69) is 10.2 Å². The summed E-state index contributed by atoms with van der Waals surface area (Å²) < 4.78 is 4.91. The monoisotopic (exact) mass is 298 g/mol. The summed E-state index contributed by atoms with van der Waals surface area (Å²) in [6.07, 6.45) is 6.02. The predicted molar refractivity (Wildman–Crippen MR) is 78.1 cm³/mol. The highest BCUT2D eigenvalue weighted by atomic mass is 16.5. The molecule has 2 unspecified atom stereocenters. The van der Waals surface area contributed by atoms with E-state index < -0.39 is 18.0 Å². The molecule has 2 rings (SSSR count). The molecule has 0 aromatic carbocycles. The topological polar surface area (TPSA) is 78.9 Å². The van der Waals surface area contributed by atoms with Crippen molar-refractivity contribution in [1.82, 2.24) is 10.2 Å². The number of nitrogens with one attached hydrogen (secondary N) is 1. The van der Waals surface area contributed by atoms with Crippen molar-refractivity contribution < 1.29 is 19.4 Å². The fourth-order valence-corrected chi connectivity index (χ4v) is 3.50. The maximum Gasteiger partial charge on any atom is 0.407 e. The summed E-state index contributed by atoms with van der Waals surface area (Å²) in [6, 6.07) is 0.327. The molecule has 120 valence electrons. The number of carbonyl (C=O) groups is 2. The van der Waals surface area contributed by atoms with Gasteiger partial charge in [0, 0.05) is 25.2 Å². The number of alkyl carbamates (subject to hydrolysis) is 1. The van der Waals surface area contributed by atoms with Crippen molar-refractivity contribution in [2.24, 2.45) is 5.92 Å². The SMILES string of the molecule is CCOC(=O)NC1CC(C(=O)O)CN(C2CCCCC2)C1. The van der Waals surface area contributed by atoms with E-state index in [1.165, 1.54) is 19.3 Å². The Balaban J connectivity index is 1.97. The summed E-state index contributed by atoms with van der Waals surface area (Å²) in [7, 11) is 0. The van der Waals surface area contributed by atoms with E-state index in [1.807, 2.05) is 0 Å². The highest BCUT2D eigenvalue weighted by Crippen LogP contribution is 2.27. The number of amides is 1. The first kappa shape index (κ1) is 16.1. The Morgan fingerprint density at radius 2 is 1.95 bits per heavy atom. The minimum Gasteiger partial charge on any atom is -0.481 e. The number of ether oxygens (including phenoxy) is 1. The summed E-state index contributed by atoms with van der Waals surface area (Å²) in [5.74, 6) is -1.18. The second-order valence-electron chi connectivity index (χ2n) is 6.08. The van der Waals surface area contributed by atoms with Gasteiger partial charge in [0.15, 0.2) is 0 Å². The van der Waals surface area contributed by atoms with Gasteiger partial charge in [0.1, 0.15) is 0 Å². The molecule has 0 spiro atoms. The zero-order valence-corrected chi connectivity index (χ0v) is 12.7. The number of hydrogen-bond donors (Lipinski definition) is 2. The number of aliphatic carboxylic acids is 1. The largest absolute Gasteiger partial charge is 0.481 e. The molecule has 1 saturated carbocycles. The molecule has 1 heterocycles. The normalized spacial score (nSPS) is 28.0. The Kier molecular flexibility index (Phi) is 5.85. The molecule has 6 heteroatoms. The lowest BCUT2D eigenvalue weighted by Crippen LogP contribution is -2.55. The van der Waals surface area contributed by atoms with E-state index >= 15 is 0 Å². The lowest BCUT2D eigenvalue weighted by molar-refractivity contribution is -0.144. The van der Waals surface area contributed by atoms with Crippen LogP contribution in [0.2, 0.25) is 0 Å². The first-order valence-electron chi connectivity index (χ1n) is 8.00. The molecular weight excluding hydrogens is 272 g/mol. The molecular formula is C15H26N2O4. The zero-order valence-electron chi connectivity index (χ0n) is 12.7. The number of carboxylic acid groups (broad SMARTS) is 1. The third-order valence-corrected chi connectivity index (χ3v) is 4.52. The van der Waals surface area contributed by atoms with Crippen LogP contribution in [-0.4, -0.2) is 53.8 Å². The zero-order chi connectivity index (χ0) is 15.2. The van der Waals surface area contributed by atoms with Gasteiger partial charge in [-0.3, -0.25) is 9.69 Å². The quantitative estimate of drug-likeness (QED) is 0.828. The molecule has 2 fully saturated rings. The molecule has 21 heavy (non-hydrogen) atoms. The molecule has 0 aromatic heterocycles. The summed E-state index contributed by atoms with van der Waals surface area (Å²) >= 11 is 0. The number of rotatable bonds is 4. The van der Waals surface area contributed by atoms with E-state index in [4.69, 9.17) is 4.74 Å². The van der Waals surface area contributed by atoms with Gasteiger partial charge < -0.3 is 15.2 Å². The third kappa shape index (κ3) is 4.59. The van der Waals surface area contributed by atoms with Gasteiger partial charge in [-0.05, 0) is 26.2 Å². The van der Waals surface area contributed by atoms with Gasteiger partial charge >= 0.3 is 12.1 Å². The van der Waals surface area contributed by atoms with Gasteiger partial charge in [-0.15, -0.1) is 0 Å². The number of piperidine rings is 1. The fraction of sp³-hybridized carbons (Fsp3) is 0.867. The van der Waals surface area contributed by atoms with Gasteiger partial charge in [0.05, 0.1) is 12.5 Å². The van der Waals surface area contributed by atoms with Crippen molar-refractivity contribution >= 4 is 12.1 Å². The average Bonchev–Trinajstić information content (AvgIpc) is 2.48. The second kappa shape index (κ2) is 7.64. The fourth-order valence-electron chi connectivity index (χ4n) is 3.50. The van der Waals surface area contributed by atoms with E-state index in [0.717, 1.165) is 19.4 Å². The van der Waals surface area contributed by atoms with Crippen LogP contribution in [0.4, 0.5) is 4.79 Å². The Morgan fingerprint density at radius 1 is 1.24 bits per heavy atom. The number of carboxylic acids is 1. The standard InChI is InChI=1S/C15H26N2O4/c1-2-21-15(20)16-12-8-11(14(18)19)9-17(10-12)13-6-4-3-5-7-13/h11-13H,2-10H2,1H3,(H,16,20)(H,18,19). The molecule has 2 N–H and O–H groups in total. The van der Waals surface area contributed by atoms with Gasteiger partial charge in [-0.2, -0.15) is 0 Å². The van der Waals surface area contributed by atoms with Crippen molar-refractivity contribution in [3.8, 4) is 0 Å². The Bertz CT molecular complexity index is 369. The van der Waals surface area contributed by atoms with Crippen LogP contribution in [0.1, 0.15) is 45.4 Å². The lowest BCUT2D eigenvalue weighted by Gasteiger charge is -2.42. The van der Waals surface area contributed by atoms with Gasteiger partial charge in [-0.25, -0.2) is 4.79 Å². The number of carbonyl (C=O) groups excluding carboxylic acids is 1. The molecule has 1 amide bonds. The number of hydrogen-bond acceptors (Lipinski definition) is 4. The second-order valence-corrected chi connectivity index (χ2v) is 6.08. The minimum atomic E-state index is -0.772. The van der Waals surface area contributed by atoms with Crippen LogP contribution in [0.5, 0.6) is 0 Å². The molecule has 1 aliphatic heterocycles. The third-order valence-electron chi connectivity index (χ3n) is 4.52. The van der Waals surface area contributed by atoms with Crippen molar-refractivity contribution in [2.75, 3.05) is 19.7 Å². The van der Waals surface area contributed by atoms with E-state index in [9.17, 15) is 14.7 Å². The summed E-state index contributed by atoms with van der Waals surface area (Å²) in [5.41, 5.74) is 0. The highest BCUT2D eigenvalue weighted by Gasteiger charge is 2.35. The Morgan fingerprint density at radius 3 is 2.57 bits per heavy atom. The summed E-state index contributed by atoms with van der Waals surface area (Å²) in [5, 5.41) is 12.1. The minimum absolute atomic E-state index is 0.138. The smallest absolute Gasteiger partial charge is 0.407 e. The first-order valence-corrected chi connectivity index (χ1v) is 8.00. The van der Waals surface area contributed by atoms with Crippen LogP contribution in [0.15, 0.2) is 0 Å². The van der Waals surface area contributed by atoms with E-state index in [1.54, 1.807) is 6.92 Å². The van der Waals surface area contributed by atoms with Crippen LogP contribution in [0, 0.1) is 5.92 Å². The van der Waals surface area contributed by atoms with Crippen molar-refractivity contribution in [2.45, 2.75) is 57.5 Å². The number of nitrogens with zero attached hydrogens (tertiary/aromatic N) is 1. The van der Waals surface area contributed by atoms with Crippen molar-refractivity contribution in [1.29, 1.82) is 0 Å². The van der Waals surface area contributed by atoms with Crippen LogP contribution in [-0.2, 0) is 9.53 Å². The van der Waals surface area contributed by atoms with Crippen LogP contribution in [0.25, 0.3) is 0 Å². The van der Waals surface area contributed by atoms with Crippen molar-refractivity contribution in [3.63, 3.8) is 0 Å². The van der Waals surface area contributed by atoms with Gasteiger partial charge in [0.25, 0.3) is 0 Å². The van der Waals surface area contributed by atoms with Crippen LogP contribution < -0.4 is 5.32 Å². The lowest BCUT2D eigenvalue weighted by atomic mass is 9.88. The van der Waals surface area contributed by atoms with Crippen LogP contribution in [0.3, 0.4) is 0 Å². The van der Waals surface area contributed by atoms with Crippen LogP contribution >= 0.6 is 0 Å². The molecule has 1 aliphatic carbocycles. The maximum atomic E-state index is 11.6. The summed E-state index contributed by atoms with van der Waals surface area (Å²) in [6.45, 7) is 3.41. The molecule has 0 bridgehead atoms. The molecule has 0 radical (unpaired) electrons. The Hall–Kier alpha value is -1.30. The van der Waals surface area contributed by atoms with Crippen molar-refractivity contribution in [3.05, 3.63) is 0 Å². The first-order chi connectivity index (χ1) is 10.1. The molecule has 2 aliphatic rings. The van der Waals surface area contributed by atoms with E-state index in [0.29, 0.717) is 25.6 Å². The molecule has 6 nitrogen and oxygen atoms in total. The van der Waals surface area contributed by atoms with Gasteiger partial charge in [-0.1, -0.05) is 19.3 Å². The van der Waals surface area contributed by atoms with Gasteiger partial charge in [0.2, 0.25) is 0 Å². The summed E-state index contributed by atoms with van der Waals surface area (Å²) in [4.78, 5) is 25.2. The molecule has 2 atom stereocenters. The van der Waals surface area contributed by atoms with E-state index in [-0.39, 0.29) is 6.04 Å².